The maximum atomic E-state index is 11.3. The number of carbonyl (C=O) groups excluding carboxylic acids is 1. The van der Waals surface area contributed by atoms with E-state index in [9.17, 15) is 4.79 Å². The normalized spacial score (nSPS) is 10.2. The van der Waals surface area contributed by atoms with Crippen LogP contribution in [0.25, 0.3) is 0 Å². The Labute approximate surface area is 98.4 Å². The van der Waals surface area contributed by atoms with Crippen LogP contribution >= 0.6 is 0 Å². The number of hydrogen-bond acceptors (Lipinski definition) is 5. The third-order valence-corrected chi connectivity index (χ3v) is 2.12. The minimum absolute atomic E-state index is 0.0993. The lowest BCUT2D eigenvalue weighted by molar-refractivity contribution is 0.0470. The summed E-state index contributed by atoms with van der Waals surface area (Å²) in [6, 6.07) is 9.72. The van der Waals surface area contributed by atoms with Crippen molar-refractivity contribution in [3.63, 3.8) is 0 Å². The van der Waals surface area contributed by atoms with Crippen LogP contribution in [0.5, 0.6) is 0 Å². The molecule has 0 atom stereocenters. The van der Waals surface area contributed by atoms with Gasteiger partial charge in [0.05, 0.1) is 6.61 Å². The molecule has 88 valence electrons. The first-order valence-corrected chi connectivity index (χ1v) is 5.33. The van der Waals surface area contributed by atoms with Gasteiger partial charge >= 0.3 is 11.9 Å². The molecule has 0 unspecified atom stereocenters. The summed E-state index contributed by atoms with van der Waals surface area (Å²) in [7, 11) is 0. The molecule has 0 amide bonds. The summed E-state index contributed by atoms with van der Waals surface area (Å²) in [4.78, 5) is 15.3. The molecule has 0 saturated heterocycles. The average Bonchev–Trinajstić information content (AvgIpc) is 2.79. The number of benzene rings is 1. The monoisotopic (exact) mass is 232 g/mol. The van der Waals surface area contributed by atoms with Gasteiger partial charge in [0.15, 0.2) is 5.82 Å². The molecule has 0 radical (unpaired) electrons. The van der Waals surface area contributed by atoms with Gasteiger partial charge < -0.3 is 9.26 Å². The lowest BCUT2D eigenvalue weighted by Gasteiger charge is -1.94. The van der Waals surface area contributed by atoms with Crippen LogP contribution in [0.4, 0.5) is 0 Å². The highest BCUT2D eigenvalue weighted by molar-refractivity contribution is 5.83. The molecule has 5 heteroatoms. The minimum atomic E-state index is -0.584. The Kier molecular flexibility index (Phi) is 3.49. The van der Waals surface area contributed by atoms with E-state index in [0.29, 0.717) is 12.2 Å². The standard InChI is InChI=1S/C12H12N2O3/c1-2-16-12(15)11-13-10(14-17-11)8-9-6-4-3-5-7-9/h3-7H,2,8H2,1H3. The molecule has 5 nitrogen and oxygen atoms in total. The zero-order valence-electron chi connectivity index (χ0n) is 9.42. The first-order valence-electron chi connectivity index (χ1n) is 5.33. The van der Waals surface area contributed by atoms with Crippen molar-refractivity contribution < 1.29 is 14.1 Å². The van der Waals surface area contributed by atoms with Gasteiger partial charge in [0.1, 0.15) is 0 Å². The summed E-state index contributed by atoms with van der Waals surface area (Å²) in [6.07, 6.45) is 0.531. The number of esters is 1. The molecule has 0 fully saturated rings. The van der Waals surface area contributed by atoms with E-state index < -0.39 is 5.97 Å². The van der Waals surface area contributed by atoms with Crippen LogP contribution < -0.4 is 0 Å². The molecular weight excluding hydrogens is 220 g/mol. The van der Waals surface area contributed by atoms with Gasteiger partial charge in [0.2, 0.25) is 0 Å². The molecule has 0 aliphatic heterocycles. The number of carbonyl (C=O) groups is 1. The summed E-state index contributed by atoms with van der Waals surface area (Å²) in [6.45, 7) is 2.01. The fraction of sp³-hybridized carbons (Fsp3) is 0.250. The maximum Gasteiger partial charge on any atom is 0.397 e. The van der Waals surface area contributed by atoms with Crippen molar-refractivity contribution in [3.8, 4) is 0 Å². The fourth-order valence-electron chi connectivity index (χ4n) is 1.38. The molecule has 0 saturated carbocycles. The Morgan fingerprint density at radius 1 is 1.35 bits per heavy atom. The fourth-order valence-corrected chi connectivity index (χ4v) is 1.38. The van der Waals surface area contributed by atoms with Gasteiger partial charge in [0.25, 0.3) is 0 Å². The summed E-state index contributed by atoms with van der Waals surface area (Å²) in [5, 5.41) is 3.73. The van der Waals surface area contributed by atoms with E-state index in [-0.39, 0.29) is 12.5 Å². The van der Waals surface area contributed by atoms with Crippen LogP contribution in [0.3, 0.4) is 0 Å². The van der Waals surface area contributed by atoms with Crippen molar-refractivity contribution >= 4 is 5.97 Å². The van der Waals surface area contributed by atoms with Gasteiger partial charge in [-0.15, -0.1) is 0 Å². The Hall–Kier alpha value is -2.17. The van der Waals surface area contributed by atoms with Crippen molar-refractivity contribution in [2.45, 2.75) is 13.3 Å². The zero-order valence-corrected chi connectivity index (χ0v) is 9.42. The van der Waals surface area contributed by atoms with Gasteiger partial charge in [-0.3, -0.25) is 0 Å². The predicted molar refractivity (Wildman–Crippen MR) is 59.5 cm³/mol. The van der Waals surface area contributed by atoms with Gasteiger partial charge in [-0.1, -0.05) is 35.5 Å². The van der Waals surface area contributed by atoms with E-state index in [2.05, 4.69) is 10.1 Å². The second-order valence-corrected chi connectivity index (χ2v) is 3.40. The maximum absolute atomic E-state index is 11.3. The molecule has 1 aromatic heterocycles. The third-order valence-electron chi connectivity index (χ3n) is 2.12. The van der Waals surface area contributed by atoms with E-state index in [0.717, 1.165) is 5.56 Å². The van der Waals surface area contributed by atoms with Crippen molar-refractivity contribution in [3.05, 3.63) is 47.6 Å². The van der Waals surface area contributed by atoms with Crippen LogP contribution in [0.15, 0.2) is 34.9 Å². The Bertz CT molecular complexity index is 493. The van der Waals surface area contributed by atoms with Crippen molar-refractivity contribution in [1.29, 1.82) is 0 Å². The van der Waals surface area contributed by atoms with Crippen molar-refractivity contribution in [1.82, 2.24) is 10.1 Å². The number of nitrogens with zero attached hydrogens (tertiary/aromatic N) is 2. The second-order valence-electron chi connectivity index (χ2n) is 3.40. The largest absolute Gasteiger partial charge is 0.459 e. The van der Waals surface area contributed by atoms with Crippen LogP contribution in [-0.4, -0.2) is 22.7 Å². The third kappa shape index (κ3) is 2.90. The van der Waals surface area contributed by atoms with Gasteiger partial charge in [-0.05, 0) is 12.5 Å². The molecule has 0 bridgehead atoms. The zero-order chi connectivity index (χ0) is 12.1. The quantitative estimate of drug-likeness (QED) is 0.752. The number of rotatable bonds is 4. The molecule has 2 rings (SSSR count). The summed E-state index contributed by atoms with van der Waals surface area (Å²) in [5.41, 5.74) is 1.06. The molecule has 0 aliphatic carbocycles. The van der Waals surface area contributed by atoms with E-state index in [1.807, 2.05) is 30.3 Å². The minimum Gasteiger partial charge on any atom is -0.459 e. The first kappa shape index (κ1) is 11.3. The predicted octanol–water partition coefficient (Wildman–Crippen LogP) is 1.84. The van der Waals surface area contributed by atoms with Gasteiger partial charge in [0, 0.05) is 6.42 Å². The highest BCUT2D eigenvalue weighted by Gasteiger charge is 2.15. The highest BCUT2D eigenvalue weighted by atomic mass is 16.6. The number of ether oxygens (including phenoxy) is 1. The molecular formula is C12H12N2O3. The molecule has 17 heavy (non-hydrogen) atoms. The Morgan fingerprint density at radius 2 is 2.12 bits per heavy atom. The summed E-state index contributed by atoms with van der Waals surface area (Å²) < 4.78 is 9.57. The lowest BCUT2D eigenvalue weighted by Crippen LogP contribution is -2.05. The van der Waals surface area contributed by atoms with Crippen LogP contribution in [0.1, 0.15) is 29.0 Å². The summed E-state index contributed by atoms with van der Waals surface area (Å²) >= 11 is 0. The van der Waals surface area contributed by atoms with E-state index in [1.54, 1.807) is 6.92 Å². The van der Waals surface area contributed by atoms with Crippen LogP contribution in [0.2, 0.25) is 0 Å². The second kappa shape index (κ2) is 5.25. The number of aromatic nitrogens is 2. The highest BCUT2D eigenvalue weighted by Crippen LogP contribution is 2.07. The van der Waals surface area contributed by atoms with E-state index >= 15 is 0 Å². The molecule has 2 aromatic rings. The molecule has 0 N–H and O–H groups in total. The first-order chi connectivity index (χ1) is 8.29. The lowest BCUT2D eigenvalue weighted by atomic mass is 10.1. The SMILES string of the molecule is CCOC(=O)c1nc(Cc2ccccc2)no1. The Morgan fingerprint density at radius 3 is 2.82 bits per heavy atom. The van der Waals surface area contributed by atoms with E-state index in [4.69, 9.17) is 9.26 Å². The molecule has 0 aliphatic rings. The van der Waals surface area contributed by atoms with Crippen LogP contribution in [0, 0.1) is 0 Å². The number of hydrogen-bond donors (Lipinski definition) is 0. The molecule has 0 spiro atoms. The van der Waals surface area contributed by atoms with Crippen LogP contribution in [-0.2, 0) is 11.2 Å². The molecule has 1 aromatic carbocycles. The smallest absolute Gasteiger partial charge is 0.397 e. The topological polar surface area (TPSA) is 65.2 Å². The Balaban J connectivity index is 2.06. The van der Waals surface area contributed by atoms with Crippen molar-refractivity contribution in [2.24, 2.45) is 0 Å². The molecule has 1 heterocycles. The van der Waals surface area contributed by atoms with Gasteiger partial charge in [-0.25, -0.2) is 4.79 Å². The summed E-state index contributed by atoms with van der Waals surface area (Å²) in [5.74, 6) is -0.212. The average molecular weight is 232 g/mol. The van der Waals surface area contributed by atoms with Crippen molar-refractivity contribution in [2.75, 3.05) is 6.61 Å². The van der Waals surface area contributed by atoms with Gasteiger partial charge in [-0.2, -0.15) is 4.98 Å². The van der Waals surface area contributed by atoms with E-state index in [1.165, 1.54) is 0 Å².